The van der Waals surface area contributed by atoms with Gasteiger partial charge in [-0.15, -0.1) is 0 Å². The molecular weight excluding hydrogens is 1460 g/mol. The van der Waals surface area contributed by atoms with E-state index in [4.69, 9.17) is 38.2 Å². The first kappa shape index (κ1) is 68.8. The lowest BCUT2D eigenvalue weighted by atomic mass is 9.81. The highest BCUT2D eigenvalue weighted by Gasteiger charge is 2.36. The van der Waals surface area contributed by atoms with Gasteiger partial charge in [0, 0.05) is 122 Å². The van der Waals surface area contributed by atoms with Gasteiger partial charge in [-0.05, 0) is 202 Å². The fourth-order valence-corrected chi connectivity index (χ4v) is 18.0. The van der Waals surface area contributed by atoms with E-state index in [2.05, 4.69) is 296 Å². The molecule has 119 heavy (non-hydrogen) atoms. The van der Waals surface area contributed by atoms with Crippen LogP contribution in [0.3, 0.4) is 0 Å². The zero-order valence-electron chi connectivity index (χ0n) is 64.7. The Balaban J connectivity index is 0.000000105. The summed E-state index contributed by atoms with van der Waals surface area (Å²) in [5.74, 6) is 0. The molecule has 0 unspecified atom stereocenters. The molecule has 558 valence electrons. The van der Waals surface area contributed by atoms with Gasteiger partial charge in [-0.25, -0.2) is 15.0 Å². The molecule has 0 spiro atoms. The summed E-state index contributed by atoms with van der Waals surface area (Å²) < 4.78 is 20.6. The second-order valence-electron chi connectivity index (χ2n) is 31.2. The molecule has 10 nitrogen and oxygen atoms in total. The van der Waals surface area contributed by atoms with Crippen molar-refractivity contribution in [3.05, 3.63) is 394 Å². The molecule has 24 aromatic rings. The fraction of sp³-hybridized carbons (Fsp3) is 0.0275. The maximum atomic E-state index is 6.20. The highest BCUT2D eigenvalue weighted by atomic mass is 16.3. The molecule has 10 heterocycles. The number of pyridine rings is 6. The van der Waals surface area contributed by atoms with Crippen molar-refractivity contribution < 1.29 is 13.3 Å². The average Bonchev–Trinajstić information content (AvgIpc) is 1.57. The topological polar surface area (TPSA) is 122 Å². The lowest BCUT2D eigenvalue weighted by molar-refractivity contribution is 0.661. The molecule has 0 bridgehead atoms. The van der Waals surface area contributed by atoms with Crippen LogP contribution >= 0.6 is 0 Å². The third kappa shape index (κ3) is 11.8. The lowest BCUT2D eigenvalue weighted by Gasteiger charge is -2.22. The largest absolute Gasteiger partial charge is 0.456 e. The van der Waals surface area contributed by atoms with Crippen LogP contribution in [0.2, 0.25) is 0 Å². The van der Waals surface area contributed by atoms with Gasteiger partial charge in [-0.1, -0.05) is 220 Å². The van der Waals surface area contributed by atoms with E-state index in [0.29, 0.717) is 0 Å². The summed E-state index contributed by atoms with van der Waals surface area (Å²) in [4.78, 5) is 29.8. The van der Waals surface area contributed by atoms with Crippen molar-refractivity contribution in [3.63, 3.8) is 0 Å². The second kappa shape index (κ2) is 27.8. The van der Waals surface area contributed by atoms with Crippen LogP contribution in [0.5, 0.6) is 0 Å². The minimum Gasteiger partial charge on any atom is -0.456 e. The molecule has 25 rings (SSSR count). The predicted molar refractivity (Wildman–Crippen MR) is 488 cm³/mol. The Morgan fingerprint density at radius 2 is 0.639 bits per heavy atom. The SMILES string of the molecule is CC1(C)c2cc(-c3nc(-c4ccc5oc6ccccc6c5c4)cc4ncccc34)ccc2-c2cc3ccccc3cc21.c1ccc(-c2nc(-c3ccc(-c4ccc5oc6ccccc6c5c4)cc3)cc3ncccc23)cc1.c1ccc(-n2c3ccccc3c3ccc(-c4nc(-c5ccc6c(c5)oc5ccccc56)cc5ncccc45)cc32)cc1. The zero-order chi connectivity index (χ0) is 78.8. The van der Waals surface area contributed by atoms with Gasteiger partial charge in [-0.2, -0.15) is 0 Å². The van der Waals surface area contributed by atoms with Crippen molar-refractivity contribution in [1.29, 1.82) is 0 Å². The maximum Gasteiger partial charge on any atom is 0.136 e. The Morgan fingerprint density at radius 1 is 0.235 bits per heavy atom. The molecule has 0 fully saturated rings. The molecule has 0 amide bonds. The van der Waals surface area contributed by atoms with Gasteiger partial charge in [0.1, 0.15) is 33.5 Å². The van der Waals surface area contributed by atoms with Crippen molar-refractivity contribution in [2.75, 3.05) is 0 Å². The Labute approximate surface area is 682 Å². The normalized spacial score (nSPS) is 12.4. The monoisotopic (exact) mass is 1520 g/mol. The minimum atomic E-state index is -0.121. The number of fused-ring (bicyclic) bond motifs is 19. The minimum absolute atomic E-state index is 0.121. The van der Waals surface area contributed by atoms with E-state index in [-0.39, 0.29) is 5.41 Å². The Hall–Kier alpha value is -15.8. The van der Waals surface area contributed by atoms with Crippen molar-refractivity contribution in [1.82, 2.24) is 34.5 Å². The van der Waals surface area contributed by atoms with Crippen molar-refractivity contribution in [3.8, 4) is 95.5 Å². The number of aromatic nitrogens is 7. The van der Waals surface area contributed by atoms with Crippen molar-refractivity contribution in [2.24, 2.45) is 0 Å². The van der Waals surface area contributed by atoms with Crippen LogP contribution in [0.25, 0.3) is 227 Å². The first-order valence-corrected chi connectivity index (χ1v) is 40.2. The van der Waals surface area contributed by atoms with Crippen LogP contribution in [0.4, 0.5) is 0 Å². The molecule has 0 saturated heterocycles. The number of hydrogen-bond acceptors (Lipinski definition) is 9. The average molecular weight is 1520 g/mol. The molecule has 0 aliphatic heterocycles. The molecule has 0 atom stereocenters. The fourth-order valence-electron chi connectivity index (χ4n) is 18.0. The quantitative estimate of drug-likeness (QED) is 0.146. The number of hydrogen-bond donors (Lipinski definition) is 0. The second-order valence-corrected chi connectivity index (χ2v) is 31.2. The van der Waals surface area contributed by atoms with Gasteiger partial charge < -0.3 is 17.8 Å². The van der Waals surface area contributed by atoms with Gasteiger partial charge in [0.05, 0.1) is 61.7 Å². The smallest absolute Gasteiger partial charge is 0.136 e. The number of rotatable bonds is 8. The lowest BCUT2D eigenvalue weighted by Crippen LogP contribution is -2.15. The van der Waals surface area contributed by atoms with E-state index in [1.165, 1.54) is 49.3 Å². The standard InChI is InChI=1S/C39H26N2O.C38H23N3O.C32H20N2O/c1-39(2)32-21-26(13-15-27(32)30-18-23-8-3-4-9-24(23)20-33(30)39)38-29-11-7-17-40-35(29)22-34(41-38)25-14-16-37-31(19-25)28-10-5-6-12-36(28)42-37;1-2-9-26(10-3-1)41-34-14-6-4-11-27(34)28-18-17-25(21-35(28)41)38-31-13-8-20-39-33(31)23-32(40-38)24-16-19-30-29-12-5-7-15-36(29)42-37(30)22-24;1-2-7-23(8-3-1)32-26-10-6-18-33-29(26)20-28(34-32)22-14-12-21(13-15-22)24-16-17-31-27(19-24)25-9-4-5-11-30(25)35-31/h3-22H,1-2H3;1-23H;1-20H. The Bertz CT molecular complexity index is 8220. The molecular formula is C109H69N7O3. The molecule has 14 aromatic carbocycles. The van der Waals surface area contributed by atoms with Crippen LogP contribution < -0.4 is 0 Å². The third-order valence-electron chi connectivity index (χ3n) is 23.9. The zero-order valence-corrected chi connectivity index (χ0v) is 64.7. The van der Waals surface area contributed by atoms with Crippen LogP contribution in [0.15, 0.2) is 396 Å². The number of para-hydroxylation sites is 5. The molecule has 0 saturated carbocycles. The summed E-state index contributed by atoms with van der Waals surface area (Å²) in [6.07, 6.45) is 5.53. The van der Waals surface area contributed by atoms with E-state index < -0.39 is 0 Å². The predicted octanol–water partition coefficient (Wildman–Crippen LogP) is 28.8. The first-order chi connectivity index (χ1) is 58.7. The summed E-state index contributed by atoms with van der Waals surface area (Å²) in [5.41, 5.74) is 31.0. The van der Waals surface area contributed by atoms with Crippen molar-refractivity contribution >= 4 is 131 Å². The first-order valence-electron chi connectivity index (χ1n) is 40.2. The molecule has 1 aliphatic carbocycles. The number of benzene rings is 14. The van der Waals surface area contributed by atoms with E-state index in [1.54, 1.807) is 0 Å². The highest BCUT2D eigenvalue weighted by Crippen LogP contribution is 2.52. The van der Waals surface area contributed by atoms with E-state index in [0.717, 1.165) is 188 Å². The molecule has 1 aliphatic rings. The van der Waals surface area contributed by atoms with Crippen LogP contribution in [0.1, 0.15) is 25.0 Å². The summed E-state index contributed by atoms with van der Waals surface area (Å²) in [6.45, 7) is 4.67. The highest BCUT2D eigenvalue weighted by molar-refractivity contribution is 6.13. The number of furan rings is 3. The summed E-state index contributed by atoms with van der Waals surface area (Å²) in [7, 11) is 0. The molecule has 0 radical (unpaired) electrons. The summed E-state index contributed by atoms with van der Waals surface area (Å²) in [5, 5.41) is 14.8. The molecule has 10 aromatic heterocycles. The van der Waals surface area contributed by atoms with Crippen LogP contribution in [0, 0.1) is 0 Å². The molecule has 0 N–H and O–H groups in total. The molecule has 10 heteroatoms. The van der Waals surface area contributed by atoms with Gasteiger partial charge in [0.25, 0.3) is 0 Å². The van der Waals surface area contributed by atoms with Crippen LogP contribution in [-0.4, -0.2) is 34.5 Å². The van der Waals surface area contributed by atoms with Gasteiger partial charge in [0.15, 0.2) is 0 Å². The summed E-state index contributed by atoms with van der Waals surface area (Å²) in [6, 6.07) is 127. The summed E-state index contributed by atoms with van der Waals surface area (Å²) >= 11 is 0. The van der Waals surface area contributed by atoms with E-state index in [1.807, 2.05) is 110 Å². The van der Waals surface area contributed by atoms with Gasteiger partial charge in [-0.3, -0.25) is 15.0 Å². The van der Waals surface area contributed by atoms with Gasteiger partial charge >= 0.3 is 0 Å². The van der Waals surface area contributed by atoms with Crippen LogP contribution in [-0.2, 0) is 5.41 Å². The Kier molecular flexibility index (Phi) is 16.0. The van der Waals surface area contributed by atoms with E-state index >= 15 is 0 Å². The third-order valence-corrected chi connectivity index (χ3v) is 23.9. The maximum absolute atomic E-state index is 6.20. The number of nitrogens with zero attached hydrogens (tertiary/aromatic N) is 7. The Morgan fingerprint density at radius 3 is 1.26 bits per heavy atom. The van der Waals surface area contributed by atoms with Crippen molar-refractivity contribution in [2.45, 2.75) is 19.3 Å². The van der Waals surface area contributed by atoms with E-state index in [9.17, 15) is 0 Å². The van der Waals surface area contributed by atoms with Gasteiger partial charge in [0.2, 0.25) is 0 Å².